The van der Waals surface area contributed by atoms with Gasteiger partial charge in [0.2, 0.25) is 0 Å². The fourth-order valence-electron chi connectivity index (χ4n) is 2.61. The van der Waals surface area contributed by atoms with Crippen LogP contribution in [-0.4, -0.2) is 6.04 Å². The van der Waals surface area contributed by atoms with Crippen molar-refractivity contribution in [3.63, 3.8) is 0 Å². The van der Waals surface area contributed by atoms with Crippen LogP contribution in [0, 0.1) is 12.8 Å². The van der Waals surface area contributed by atoms with Gasteiger partial charge in [-0.1, -0.05) is 31.4 Å². The van der Waals surface area contributed by atoms with Crippen LogP contribution in [0.1, 0.15) is 44.6 Å². The summed E-state index contributed by atoms with van der Waals surface area (Å²) in [4.78, 5) is 0. The molecule has 0 saturated heterocycles. The standard InChI is InChI=1S/C15H21BrClN/c1-10-4-3-5-12(7-6-10)18-15-9-14(17)11(2)8-13(15)16/h8-10,12,18H,3-7H2,1-2H3. The van der Waals surface area contributed by atoms with Crippen LogP contribution in [0.25, 0.3) is 0 Å². The summed E-state index contributed by atoms with van der Waals surface area (Å²) in [6.07, 6.45) is 6.56. The van der Waals surface area contributed by atoms with Gasteiger partial charge in [0.1, 0.15) is 0 Å². The van der Waals surface area contributed by atoms with E-state index in [4.69, 9.17) is 11.6 Å². The van der Waals surface area contributed by atoms with Crippen LogP contribution in [0.4, 0.5) is 5.69 Å². The van der Waals surface area contributed by atoms with Gasteiger partial charge in [0, 0.05) is 15.5 Å². The SMILES string of the molecule is Cc1cc(Br)c(NC2CCCC(C)CC2)cc1Cl. The summed E-state index contributed by atoms with van der Waals surface area (Å²) in [5, 5.41) is 4.48. The third kappa shape index (κ3) is 3.64. The van der Waals surface area contributed by atoms with Crippen molar-refractivity contribution in [3.05, 3.63) is 27.2 Å². The summed E-state index contributed by atoms with van der Waals surface area (Å²) >= 11 is 9.82. The number of rotatable bonds is 2. The number of benzene rings is 1. The Hall–Kier alpha value is -0.210. The second-order valence-electron chi connectivity index (χ2n) is 5.54. The third-order valence-corrected chi connectivity index (χ3v) is 4.93. The number of hydrogen-bond donors (Lipinski definition) is 1. The van der Waals surface area contributed by atoms with Crippen LogP contribution in [0.15, 0.2) is 16.6 Å². The molecule has 2 atom stereocenters. The molecule has 1 N–H and O–H groups in total. The molecule has 1 aliphatic rings. The molecule has 2 unspecified atom stereocenters. The van der Waals surface area contributed by atoms with E-state index in [0.29, 0.717) is 6.04 Å². The van der Waals surface area contributed by atoms with Crippen LogP contribution >= 0.6 is 27.5 Å². The van der Waals surface area contributed by atoms with E-state index in [2.05, 4.69) is 34.2 Å². The van der Waals surface area contributed by atoms with E-state index in [9.17, 15) is 0 Å². The summed E-state index contributed by atoms with van der Waals surface area (Å²) in [7, 11) is 0. The molecule has 1 aliphatic carbocycles. The molecule has 18 heavy (non-hydrogen) atoms. The van der Waals surface area contributed by atoms with E-state index in [0.717, 1.165) is 26.7 Å². The van der Waals surface area contributed by atoms with Crippen molar-refractivity contribution in [2.75, 3.05) is 5.32 Å². The minimum atomic E-state index is 0.588. The lowest BCUT2D eigenvalue weighted by atomic mass is 10.0. The van der Waals surface area contributed by atoms with Crippen LogP contribution in [0.5, 0.6) is 0 Å². The maximum Gasteiger partial charge on any atom is 0.0501 e. The Bertz CT molecular complexity index is 419. The van der Waals surface area contributed by atoms with Crippen molar-refractivity contribution in [1.29, 1.82) is 0 Å². The first-order chi connectivity index (χ1) is 8.56. The smallest absolute Gasteiger partial charge is 0.0501 e. The Kier molecular flexibility index (Phi) is 4.97. The number of anilines is 1. The second-order valence-corrected chi connectivity index (χ2v) is 6.80. The molecule has 0 heterocycles. The van der Waals surface area contributed by atoms with Crippen LogP contribution in [-0.2, 0) is 0 Å². The Morgan fingerprint density at radius 2 is 2.00 bits per heavy atom. The van der Waals surface area contributed by atoms with Crippen molar-refractivity contribution in [1.82, 2.24) is 0 Å². The molecule has 1 aromatic carbocycles. The minimum absolute atomic E-state index is 0.588. The van der Waals surface area contributed by atoms with Crippen molar-refractivity contribution in [2.45, 2.75) is 52.0 Å². The fourth-order valence-corrected chi connectivity index (χ4v) is 3.34. The minimum Gasteiger partial charge on any atom is -0.381 e. The molecule has 0 spiro atoms. The third-order valence-electron chi connectivity index (χ3n) is 3.87. The highest BCUT2D eigenvalue weighted by Gasteiger charge is 2.17. The van der Waals surface area contributed by atoms with Crippen molar-refractivity contribution < 1.29 is 0 Å². The quantitative estimate of drug-likeness (QED) is 0.676. The van der Waals surface area contributed by atoms with Crippen molar-refractivity contribution in [2.24, 2.45) is 5.92 Å². The highest BCUT2D eigenvalue weighted by Crippen LogP contribution is 2.32. The van der Waals surface area contributed by atoms with Crippen LogP contribution < -0.4 is 5.32 Å². The summed E-state index contributed by atoms with van der Waals surface area (Å²) in [5.41, 5.74) is 2.24. The van der Waals surface area contributed by atoms with E-state index < -0.39 is 0 Å². The lowest BCUT2D eigenvalue weighted by Gasteiger charge is -2.19. The highest BCUT2D eigenvalue weighted by atomic mass is 79.9. The number of aryl methyl sites for hydroxylation is 1. The molecule has 0 amide bonds. The van der Waals surface area contributed by atoms with E-state index in [1.807, 2.05) is 13.0 Å². The van der Waals surface area contributed by atoms with Gasteiger partial charge >= 0.3 is 0 Å². The van der Waals surface area contributed by atoms with Crippen molar-refractivity contribution >= 4 is 33.2 Å². The summed E-state index contributed by atoms with van der Waals surface area (Å²) < 4.78 is 1.11. The number of nitrogens with one attached hydrogen (secondary N) is 1. The monoisotopic (exact) mass is 329 g/mol. The Morgan fingerprint density at radius 1 is 1.22 bits per heavy atom. The van der Waals surface area contributed by atoms with E-state index in [1.54, 1.807) is 0 Å². The average Bonchev–Trinajstić information content (AvgIpc) is 2.51. The normalized spacial score (nSPS) is 24.7. The van der Waals surface area contributed by atoms with Gasteiger partial charge in [-0.05, 0) is 65.7 Å². The van der Waals surface area contributed by atoms with Gasteiger partial charge in [-0.3, -0.25) is 0 Å². The van der Waals surface area contributed by atoms with Crippen LogP contribution in [0.2, 0.25) is 5.02 Å². The molecule has 100 valence electrons. The Morgan fingerprint density at radius 3 is 2.78 bits per heavy atom. The molecule has 1 nitrogen and oxygen atoms in total. The molecule has 1 saturated carbocycles. The zero-order valence-electron chi connectivity index (χ0n) is 11.1. The van der Waals surface area contributed by atoms with Gasteiger partial charge in [0.25, 0.3) is 0 Å². The van der Waals surface area contributed by atoms with E-state index in [1.165, 1.54) is 32.1 Å². The fraction of sp³-hybridized carbons (Fsp3) is 0.600. The predicted molar refractivity (Wildman–Crippen MR) is 83.5 cm³/mol. The van der Waals surface area contributed by atoms with E-state index in [-0.39, 0.29) is 0 Å². The van der Waals surface area contributed by atoms with Crippen molar-refractivity contribution in [3.8, 4) is 0 Å². The van der Waals surface area contributed by atoms with Gasteiger partial charge in [-0.25, -0.2) is 0 Å². The molecular formula is C15H21BrClN. The lowest BCUT2D eigenvalue weighted by Crippen LogP contribution is -2.18. The lowest BCUT2D eigenvalue weighted by molar-refractivity contribution is 0.502. The largest absolute Gasteiger partial charge is 0.381 e. The zero-order chi connectivity index (χ0) is 13.1. The second kappa shape index (κ2) is 6.29. The molecule has 0 radical (unpaired) electrons. The summed E-state index contributed by atoms with van der Waals surface area (Å²) in [6, 6.07) is 4.71. The molecule has 1 aromatic rings. The summed E-state index contributed by atoms with van der Waals surface area (Å²) in [5.74, 6) is 0.877. The first-order valence-corrected chi connectivity index (χ1v) is 7.95. The van der Waals surface area contributed by atoms with E-state index >= 15 is 0 Å². The molecular weight excluding hydrogens is 310 g/mol. The molecule has 1 fully saturated rings. The zero-order valence-corrected chi connectivity index (χ0v) is 13.4. The maximum atomic E-state index is 6.20. The molecule has 0 aliphatic heterocycles. The maximum absolute atomic E-state index is 6.20. The highest BCUT2D eigenvalue weighted by molar-refractivity contribution is 9.10. The van der Waals surface area contributed by atoms with Gasteiger partial charge < -0.3 is 5.32 Å². The molecule has 0 bridgehead atoms. The van der Waals surface area contributed by atoms with Gasteiger partial charge in [-0.2, -0.15) is 0 Å². The predicted octanol–water partition coefficient (Wildman–Crippen LogP) is 5.79. The first kappa shape index (κ1) is 14.2. The Labute approximate surface area is 123 Å². The topological polar surface area (TPSA) is 12.0 Å². The van der Waals surface area contributed by atoms with Gasteiger partial charge in [0.05, 0.1) is 5.69 Å². The van der Waals surface area contributed by atoms with Crippen LogP contribution in [0.3, 0.4) is 0 Å². The number of hydrogen-bond acceptors (Lipinski definition) is 1. The van der Waals surface area contributed by atoms with Gasteiger partial charge in [0.15, 0.2) is 0 Å². The Balaban J connectivity index is 2.06. The molecule has 2 rings (SSSR count). The van der Waals surface area contributed by atoms with Gasteiger partial charge in [-0.15, -0.1) is 0 Å². The number of halogens is 2. The average molecular weight is 331 g/mol. The summed E-state index contributed by atoms with van der Waals surface area (Å²) in [6.45, 7) is 4.39. The molecule has 3 heteroatoms. The molecule has 0 aromatic heterocycles. The first-order valence-electron chi connectivity index (χ1n) is 6.78.